The van der Waals surface area contributed by atoms with Crippen molar-refractivity contribution in [3.05, 3.63) is 93.4 Å². The molecule has 4 rings (SSSR count). The van der Waals surface area contributed by atoms with Crippen LogP contribution in [0, 0.1) is 5.92 Å². The third-order valence-corrected chi connectivity index (χ3v) is 6.63. The van der Waals surface area contributed by atoms with Gasteiger partial charge in [-0.2, -0.15) is 9.97 Å². The fourth-order valence-electron chi connectivity index (χ4n) is 3.74. The molecular weight excluding hydrogens is 545 g/mol. The van der Waals surface area contributed by atoms with Crippen LogP contribution in [-0.2, 0) is 17.9 Å². The van der Waals surface area contributed by atoms with E-state index in [-0.39, 0.29) is 11.8 Å². The summed E-state index contributed by atoms with van der Waals surface area (Å²) in [6.45, 7) is 4.97. The average Bonchev–Trinajstić information content (AvgIpc) is 3.43. The molecule has 0 aliphatic rings. The van der Waals surface area contributed by atoms with Crippen molar-refractivity contribution >= 4 is 52.5 Å². The Kier molecular flexibility index (Phi) is 9.44. The lowest BCUT2D eigenvalue weighted by Crippen LogP contribution is -2.40. The molecule has 1 amide bonds. The number of benzene rings is 2. The first-order valence-corrected chi connectivity index (χ1v) is 13.2. The maximum absolute atomic E-state index is 13.2. The molecule has 0 spiro atoms. The molecule has 0 saturated carbocycles. The molecule has 3 N–H and O–H groups in total. The summed E-state index contributed by atoms with van der Waals surface area (Å²) in [4.78, 5) is 26.6. The third-order valence-electron chi connectivity index (χ3n) is 5.64. The average molecular weight is 573 g/mol. The lowest BCUT2D eigenvalue weighted by Gasteiger charge is -2.21. The summed E-state index contributed by atoms with van der Waals surface area (Å²) < 4.78 is 1.77. The minimum atomic E-state index is -0.504. The summed E-state index contributed by atoms with van der Waals surface area (Å²) in [6.07, 6.45) is 5.73. The molecule has 11 heteroatoms. The van der Waals surface area contributed by atoms with Crippen molar-refractivity contribution in [3.63, 3.8) is 0 Å². The first-order chi connectivity index (χ1) is 18.3. The van der Waals surface area contributed by atoms with Gasteiger partial charge in [0.1, 0.15) is 24.0 Å². The largest absolute Gasteiger partial charge is 0.358 e. The standard InChI is InChI=1S/C27H28Cl3N7O/c1-17(2)11-23(26(38)32-14-18-3-6-20(28)7-4-18)34-24-13-25(37-10-9-31-16-37)36-27(35-24)33-15-19-5-8-21(29)22(30)12-19/h3-10,12-13,16-17,23H,11,14-15H2,1-2H3,(H,32,38)(H2,33,34,35,36). The van der Waals surface area contributed by atoms with Gasteiger partial charge in [0.15, 0.2) is 0 Å². The topological polar surface area (TPSA) is 96.8 Å². The molecule has 0 aliphatic carbocycles. The molecule has 0 fully saturated rings. The Labute approximate surface area is 236 Å². The van der Waals surface area contributed by atoms with Gasteiger partial charge in [-0.15, -0.1) is 0 Å². The molecule has 0 bridgehead atoms. The van der Waals surface area contributed by atoms with Crippen molar-refractivity contribution in [1.29, 1.82) is 0 Å². The van der Waals surface area contributed by atoms with Crippen molar-refractivity contribution in [2.45, 2.75) is 39.4 Å². The van der Waals surface area contributed by atoms with Gasteiger partial charge in [0.2, 0.25) is 11.9 Å². The van der Waals surface area contributed by atoms with E-state index in [1.165, 1.54) is 0 Å². The SMILES string of the molecule is CC(C)CC(Nc1cc(-n2ccnc2)nc(NCc2ccc(Cl)c(Cl)c2)n1)C(=O)NCc1ccc(Cl)cc1. The van der Waals surface area contributed by atoms with E-state index in [0.29, 0.717) is 52.2 Å². The summed E-state index contributed by atoms with van der Waals surface area (Å²) in [6, 6.07) is 14.1. The van der Waals surface area contributed by atoms with Gasteiger partial charge in [-0.25, -0.2) is 4.98 Å². The van der Waals surface area contributed by atoms with Crippen molar-refractivity contribution in [3.8, 4) is 5.82 Å². The van der Waals surface area contributed by atoms with Crippen LogP contribution in [0.3, 0.4) is 0 Å². The van der Waals surface area contributed by atoms with E-state index in [1.54, 1.807) is 53.6 Å². The number of carbonyl (C=O) groups excluding carboxylic acids is 1. The predicted molar refractivity (Wildman–Crippen MR) is 153 cm³/mol. The quantitative estimate of drug-likeness (QED) is 0.193. The number of imidazole rings is 1. The molecular formula is C27H28Cl3N7O. The number of nitrogens with zero attached hydrogens (tertiary/aromatic N) is 4. The second-order valence-electron chi connectivity index (χ2n) is 9.18. The molecule has 1 atom stereocenters. The van der Waals surface area contributed by atoms with Gasteiger partial charge in [-0.1, -0.05) is 66.8 Å². The molecule has 0 radical (unpaired) electrons. The third kappa shape index (κ3) is 7.84. The van der Waals surface area contributed by atoms with Gasteiger partial charge in [-0.3, -0.25) is 9.36 Å². The fraction of sp³-hybridized carbons (Fsp3) is 0.259. The zero-order chi connectivity index (χ0) is 27.1. The minimum absolute atomic E-state index is 0.123. The maximum atomic E-state index is 13.2. The first kappa shape index (κ1) is 27.7. The van der Waals surface area contributed by atoms with Gasteiger partial charge in [0, 0.05) is 36.6 Å². The second kappa shape index (κ2) is 13.0. The zero-order valence-corrected chi connectivity index (χ0v) is 23.2. The van der Waals surface area contributed by atoms with E-state index < -0.39 is 6.04 Å². The molecule has 8 nitrogen and oxygen atoms in total. The van der Waals surface area contributed by atoms with E-state index in [0.717, 1.165) is 11.1 Å². The Bertz CT molecular complexity index is 1360. The number of halogens is 3. The van der Waals surface area contributed by atoms with Gasteiger partial charge in [0.05, 0.1) is 10.0 Å². The zero-order valence-electron chi connectivity index (χ0n) is 21.0. The monoisotopic (exact) mass is 571 g/mol. The van der Waals surface area contributed by atoms with Crippen LogP contribution in [0.5, 0.6) is 0 Å². The van der Waals surface area contributed by atoms with E-state index in [4.69, 9.17) is 34.8 Å². The van der Waals surface area contributed by atoms with Crippen LogP contribution in [0.4, 0.5) is 11.8 Å². The van der Waals surface area contributed by atoms with Crippen LogP contribution in [0.25, 0.3) is 5.82 Å². The number of hydrogen-bond acceptors (Lipinski definition) is 6. The van der Waals surface area contributed by atoms with Crippen LogP contribution >= 0.6 is 34.8 Å². The number of nitrogens with one attached hydrogen (secondary N) is 3. The molecule has 2 aromatic carbocycles. The van der Waals surface area contributed by atoms with Gasteiger partial charge < -0.3 is 16.0 Å². The van der Waals surface area contributed by atoms with Crippen LogP contribution < -0.4 is 16.0 Å². The second-order valence-corrected chi connectivity index (χ2v) is 10.4. The molecule has 38 heavy (non-hydrogen) atoms. The van der Waals surface area contributed by atoms with Crippen molar-refractivity contribution in [2.75, 3.05) is 10.6 Å². The maximum Gasteiger partial charge on any atom is 0.242 e. The fourth-order valence-corrected chi connectivity index (χ4v) is 4.19. The van der Waals surface area contributed by atoms with Gasteiger partial charge in [0.25, 0.3) is 0 Å². The number of hydrogen-bond donors (Lipinski definition) is 3. The molecule has 1 unspecified atom stereocenters. The summed E-state index contributed by atoms with van der Waals surface area (Å²) in [7, 11) is 0. The summed E-state index contributed by atoms with van der Waals surface area (Å²) >= 11 is 18.2. The van der Waals surface area contributed by atoms with E-state index in [1.807, 2.05) is 18.2 Å². The Hall–Kier alpha value is -3.33. The number of aromatic nitrogens is 4. The molecule has 198 valence electrons. The van der Waals surface area contributed by atoms with E-state index in [9.17, 15) is 4.79 Å². The van der Waals surface area contributed by atoms with Crippen molar-refractivity contribution in [1.82, 2.24) is 24.8 Å². The Morgan fingerprint density at radius 3 is 2.39 bits per heavy atom. The lowest BCUT2D eigenvalue weighted by atomic mass is 10.0. The highest BCUT2D eigenvalue weighted by Crippen LogP contribution is 2.23. The lowest BCUT2D eigenvalue weighted by molar-refractivity contribution is -0.122. The highest BCUT2D eigenvalue weighted by molar-refractivity contribution is 6.42. The van der Waals surface area contributed by atoms with Gasteiger partial charge >= 0.3 is 0 Å². The van der Waals surface area contributed by atoms with Gasteiger partial charge in [-0.05, 0) is 47.7 Å². The Morgan fingerprint density at radius 2 is 1.71 bits per heavy atom. The smallest absolute Gasteiger partial charge is 0.242 e. The van der Waals surface area contributed by atoms with Crippen molar-refractivity contribution < 1.29 is 4.79 Å². The highest BCUT2D eigenvalue weighted by Gasteiger charge is 2.21. The Balaban J connectivity index is 1.53. The number of rotatable bonds is 11. The van der Waals surface area contributed by atoms with E-state index in [2.05, 4.69) is 44.7 Å². The summed E-state index contributed by atoms with van der Waals surface area (Å²) in [5, 5.41) is 11.2. The van der Waals surface area contributed by atoms with Crippen LogP contribution in [-0.4, -0.2) is 31.5 Å². The van der Waals surface area contributed by atoms with Crippen LogP contribution in [0.2, 0.25) is 15.1 Å². The highest BCUT2D eigenvalue weighted by atomic mass is 35.5. The molecule has 0 aliphatic heterocycles. The number of anilines is 2. The molecule has 2 aromatic heterocycles. The minimum Gasteiger partial charge on any atom is -0.358 e. The predicted octanol–water partition coefficient (Wildman–Crippen LogP) is 6.38. The summed E-state index contributed by atoms with van der Waals surface area (Å²) in [5.74, 6) is 1.64. The normalized spacial score (nSPS) is 11.8. The van der Waals surface area contributed by atoms with E-state index >= 15 is 0 Å². The molecule has 2 heterocycles. The van der Waals surface area contributed by atoms with Crippen LogP contribution in [0.1, 0.15) is 31.4 Å². The number of amides is 1. The Morgan fingerprint density at radius 1 is 0.947 bits per heavy atom. The number of carbonyl (C=O) groups is 1. The molecule has 0 saturated heterocycles. The first-order valence-electron chi connectivity index (χ1n) is 12.1. The van der Waals surface area contributed by atoms with Crippen molar-refractivity contribution in [2.24, 2.45) is 5.92 Å². The molecule has 4 aromatic rings. The van der Waals surface area contributed by atoms with Crippen LogP contribution in [0.15, 0.2) is 67.3 Å². The summed E-state index contributed by atoms with van der Waals surface area (Å²) in [5.41, 5.74) is 1.88.